The van der Waals surface area contributed by atoms with E-state index in [1.807, 2.05) is 0 Å². The third-order valence-corrected chi connectivity index (χ3v) is 2.40. The fourth-order valence-corrected chi connectivity index (χ4v) is 1.58. The van der Waals surface area contributed by atoms with Gasteiger partial charge in [-0.1, -0.05) is 0 Å². The summed E-state index contributed by atoms with van der Waals surface area (Å²) in [6.45, 7) is 0. The molecule has 0 spiro atoms. The second-order valence-corrected chi connectivity index (χ2v) is 3.47. The van der Waals surface area contributed by atoms with E-state index in [2.05, 4.69) is 15.2 Å². The summed E-state index contributed by atoms with van der Waals surface area (Å²) in [5.74, 6) is 0. The molecule has 6 heteroatoms. The van der Waals surface area contributed by atoms with E-state index in [0.29, 0.717) is 10.6 Å². The molecule has 2 aromatic heterocycles. The summed E-state index contributed by atoms with van der Waals surface area (Å²) in [4.78, 5) is 16.5. The molecule has 0 bridgehead atoms. The van der Waals surface area contributed by atoms with Crippen LogP contribution in [-0.4, -0.2) is 26.3 Å². The summed E-state index contributed by atoms with van der Waals surface area (Å²) in [7, 11) is 1.73. The molecular formula is C7H6N4OS. The van der Waals surface area contributed by atoms with E-state index in [0.717, 1.165) is 11.3 Å². The number of rotatable bonds is 2. The largest absolute Gasteiger partial charge is 0.297 e. The van der Waals surface area contributed by atoms with Crippen molar-refractivity contribution in [3.05, 3.63) is 17.3 Å². The standard InChI is InChI=1S/C7H6N4OS/c1-11-9-3-6(10-11)7-8-2-5(4-12)13-7/h2-4H,1H3. The highest BCUT2D eigenvalue weighted by Gasteiger charge is 2.06. The number of aryl methyl sites for hydroxylation is 1. The molecular weight excluding hydrogens is 188 g/mol. The van der Waals surface area contributed by atoms with Gasteiger partial charge >= 0.3 is 0 Å². The van der Waals surface area contributed by atoms with Crippen LogP contribution in [0.15, 0.2) is 12.4 Å². The van der Waals surface area contributed by atoms with E-state index < -0.39 is 0 Å². The monoisotopic (exact) mass is 194 g/mol. The highest BCUT2D eigenvalue weighted by Crippen LogP contribution is 2.21. The molecule has 5 nitrogen and oxygen atoms in total. The normalized spacial score (nSPS) is 10.2. The van der Waals surface area contributed by atoms with E-state index in [1.54, 1.807) is 13.2 Å². The summed E-state index contributed by atoms with van der Waals surface area (Å²) < 4.78 is 0. The molecule has 0 aliphatic carbocycles. The first-order valence-electron chi connectivity index (χ1n) is 3.57. The lowest BCUT2D eigenvalue weighted by Gasteiger charge is -1.83. The van der Waals surface area contributed by atoms with Crippen molar-refractivity contribution in [2.45, 2.75) is 0 Å². The molecule has 2 rings (SSSR count). The average Bonchev–Trinajstić information content (AvgIpc) is 2.71. The quantitative estimate of drug-likeness (QED) is 0.662. The summed E-state index contributed by atoms with van der Waals surface area (Å²) in [6, 6.07) is 0. The van der Waals surface area contributed by atoms with Crippen LogP contribution in [-0.2, 0) is 7.05 Å². The number of carbonyl (C=O) groups is 1. The summed E-state index contributed by atoms with van der Waals surface area (Å²) >= 11 is 1.30. The lowest BCUT2D eigenvalue weighted by molar-refractivity contribution is 0.112. The Bertz CT molecular complexity index is 433. The maximum absolute atomic E-state index is 10.4. The van der Waals surface area contributed by atoms with Crippen LogP contribution in [0.3, 0.4) is 0 Å². The Balaban J connectivity index is 2.40. The number of hydrogen-bond donors (Lipinski definition) is 0. The Hall–Kier alpha value is -1.56. The van der Waals surface area contributed by atoms with Gasteiger partial charge in [0.05, 0.1) is 11.1 Å². The SMILES string of the molecule is Cn1ncc(-c2ncc(C=O)s2)n1. The van der Waals surface area contributed by atoms with Crippen molar-refractivity contribution in [3.8, 4) is 10.7 Å². The molecule has 0 saturated carbocycles. The van der Waals surface area contributed by atoms with Gasteiger partial charge in [0, 0.05) is 13.2 Å². The molecule has 2 heterocycles. The van der Waals surface area contributed by atoms with Crippen LogP contribution in [0.5, 0.6) is 0 Å². The first kappa shape index (κ1) is 8.06. The molecule has 0 aliphatic rings. The zero-order valence-corrected chi connectivity index (χ0v) is 7.65. The maximum atomic E-state index is 10.4. The fraction of sp³-hybridized carbons (Fsp3) is 0.143. The minimum absolute atomic E-state index is 0.598. The molecule has 66 valence electrons. The van der Waals surface area contributed by atoms with Gasteiger partial charge in [-0.2, -0.15) is 15.0 Å². The third kappa shape index (κ3) is 1.48. The highest BCUT2D eigenvalue weighted by molar-refractivity contribution is 7.16. The number of carbonyl (C=O) groups excluding carboxylic acids is 1. The lowest BCUT2D eigenvalue weighted by atomic mass is 10.5. The van der Waals surface area contributed by atoms with Gasteiger partial charge in [-0.3, -0.25) is 4.79 Å². The fourth-order valence-electron chi connectivity index (χ4n) is 0.903. The van der Waals surface area contributed by atoms with Gasteiger partial charge in [0.2, 0.25) is 0 Å². The Morgan fingerprint density at radius 2 is 2.38 bits per heavy atom. The topological polar surface area (TPSA) is 60.7 Å². The van der Waals surface area contributed by atoms with Crippen molar-refractivity contribution in [1.82, 2.24) is 20.0 Å². The first-order chi connectivity index (χ1) is 6.29. The zero-order chi connectivity index (χ0) is 9.26. The van der Waals surface area contributed by atoms with Crippen LogP contribution >= 0.6 is 11.3 Å². The molecule has 0 amide bonds. The van der Waals surface area contributed by atoms with Crippen LogP contribution in [0.25, 0.3) is 10.7 Å². The van der Waals surface area contributed by atoms with E-state index in [9.17, 15) is 4.79 Å². The molecule has 0 N–H and O–H groups in total. The van der Waals surface area contributed by atoms with Crippen LogP contribution in [0.1, 0.15) is 9.67 Å². The van der Waals surface area contributed by atoms with Crippen molar-refractivity contribution < 1.29 is 4.79 Å². The molecule has 0 radical (unpaired) electrons. The summed E-state index contributed by atoms with van der Waals surface area (Å²) in [5.41, 5.74) is 0.695. The maximum Gasteiger partial charge on any atom is 0.161 e. The summed E-state index contributed by atoms with van der Waals surface area (Å²) in [5, 5.41) is 8.70. The molecule has 0 aliphatic heterocycles. The summed E-state index contributed by atoms with van der Waals surface area (Å²) in [6.07, 6.45) is 3.92. The van der Waals surface area contributed by atoms with Gasteiger partial charge < -0.3 is 0 Å². The molecule has 0 fully saturated rings. The van der Waals surface area contributed by atoms with Crippen LogP contribution in [0.2, 0.25) is 0 Å². The van der Waals surface area contributed by atoms with E-state index >= 15 is 0 Å². The van der Waals surface area contributed by atoms with Gasteiger partial charge in [-0.25, -0.2) is 4.98 Å². The number of hydrogen-bond acceptors (Lipinski definition) is 5. The minimum Gasteiger partial charge on any atom is -0.297 e. The van der Waals surface area contributed by atoms with Crippen molar-refractivity contribution in [2.24, 2.45) is 7.05 Å². The average molecular weight is 194 g/mol. The van der Waals surface area contributed by atoms with Crippen molar-refractivity contribution in [2.75, 3.05) is 0 Å². The smallest absolute Gasteiger partial charge is 0.161 e. The van der Waals surface area contributed by atoms with Gasteiger partial charge in [-0.05, 0) is 0 Å². The zero-order valence-electron chi connectivity index (χ0n) is 6.84. The Labute approximate surface area is 78.0 Å². The van der Waals surface area contributed by atoms with Crippen LogP contribution < -0.4 is 0 Å². The number of aromatic nitrogens is 4. The second-order valence-electron chi connectivity index (χ2n) is 2.40. The van der Waals surface area contributed by atoms with E-state index in [1.165, 1.54) is 22.3 Å². The predicted molar refractivity (Wildman–Crippen MR) is 47.5 cm³/mol. The van der Waals surface area contributed by atoms with Gasteiger partial charge in [0.25, 0.3) is 0 Å². The molecule has 2 aromatic rings. The predicted octanol–water partition coefficient (Wildman–Crippen LogP) is 0.751. The first-order valence-corrected chi connectivity index (χ1v) is 4.39. The molecule has 13 heavy (non-hydrogen) atoms. The minimum atomic E-state index is 0.598. The number of thiazole rings is 1. The van der Waals surface area contributed by atoms with Gasteiger partial charge in [0.15, 0.2) is 6.29 Å². The van der Waals surface area contributed by atoms with E-state index in [4.69, 9.17) is 0 Å². The molecule has 0 aromatic carbocycles. The Morgan fingerprint density at radius 1 is 1.54 bits per heavy atom. The van der Waals surface area contributed by atoms with Crippen molar-refractivity contribution in [3.63, 3.8) is 0 Å². The van der Waals surface area contributed by atoms with Gasteiger partial charge in [-0.15, -0.1) is 11.3 Å². The van der Waals surface area contributed by atoms with E-state index in [-0.39, 0.29) is 0 Å². The Kier molecular flexibility index (Phi) is 1.90. The van der Waals surface area contributed by atoms with Crippen molar-refractivity contribution in [1.29, 1.82) is 0 Å². The van der Waals surface area contributed by atoms with Crippen LogP contribution in [0, 0.1) is 0 Å². The number of aldehydes is 1. The second kappa shape index (κ2) is 3.06. The molecule has 0 saturated heterocycles. The van der Waals surface area contributed by atoms with Crippen LogP contribution in [0.4, 0.5) is 0 Å². The number of nitrogens with zero attached hydrogens (tertiary/aromatic N) is 4. The molecule has 0 unspecified atom stereocenters. The Morgan fingerprint density at radius 3 is 2.92 bits per heavy atom. The van der Waals surface area contributed by atoms with Crippen molar-refractivity contribution >= 4 is 17.6 Å². The molecule has 0 atom stereocenters. The highest BCUT2D eigenvalue weighted by atomic mass is 32.1. The third-order valence-electron chi connectivity index (χ3n) is 1.46. The lowest BCUT2D eigenvalue weighted by Crippen LogP contribution is -1.91. The van der Waals surface area contributed by atoms with Gasteiger partial charge in [0.1, 0.15) is 10.7 Å².